The molecule has 0 unspecified atom stereocenters. The molecule has 0 aliphatic heterocycles. The number of primary amides is 2. The standard InChI is InChI=1S/C14H17N3O4/c15-12(18)8-17(9-13(16)19)7-11-4-2-1-3-10(11)5-6-14(20)21/h1-6H,7-9H2,(H2,15,18)(H2,16,19)(H,20,21). The highest BCUT2D eigenvalue weighted by molar-refractivity contribution is 5.85. The fraction of sp³-hybridized carbons (Fsp3) is 0.214. The maximum atomic E-state index is 11.0. The number of amides is 2. The van der Waals surface area contributed by atoms with Crippen LogP contribution in [0.3, 0.4) is 0 Å². The molecule has 0 saturated heterocycles. The number of nitrogens with two attached hydrogens (primary N) is 2. The van der Waals surface area contributed by atoms with Gasteiger partial charge in [0.05, 0.1) is 13.1 Å². The smallest absolute Gasteiger partial charge is 0.328 e. The Morgan fingerprint density at radius 2 is 1.67 bits per heavy atom. The zero-order valence-corrected chi connectivity index (χ0v) is 11.4. The second-order valence-corrected chi connectivity index (χ2v) is 4.45. The minimum absolute atomic E-state index is 0.111. The number of carbonyl (C=O) groups excluding carboxylic acids is 2. The number of hydrogen-bond donors (Lipinski definition) is 3. The molecule has 0 fully saturated rings. The summed E-state index contributed by atoms with van der Waals surface area (Å²) >= 11 is 0. The third-order valence-corrected chi connectivity index (χ3v) is 2.61. The topological polar surface area (TPSA) is 127 Å². The monoisotopic (exact) mass is 291 g/mol. The maximum absolute atomic E-state index is 11.0. The average Bonchev–Trinajstić information content (AvgIpc) is 2.36. The number of aliphatic carboxylic acids is 1. The van der Waals surface area contributed by atoms with Crippen LogP contribution in [-0.4, -0.2) is 40.9 Å². The van der Waals surface area contributed by atoms with E-state index in [2.05, 4.69) is 0 Å². The Hall–Kier alpha value is -2.67. The number of nitrogens with zero attached hydrogens (tertiary/aromatic N) is 1. The molecular weight excluding hydrogens is 274 g/mol. The van der Waals surface area contributed by atoms with Crippen LogP contribution in [0.4, 0.5) is 0 Å². The van der Waals surface area contributed by atoms with Crippen LogP contribution in [0.25, 0.3) is 6.08 Å². The van der Waals surface area contributed by atoms with Gasteiger partial charge in [0.1, 0.15) is 0 Å². The summed E-state index contributed by atoms with van der Waals surface area (Å²) in [7, 11) is 0. The Labute approximate surface area is 121 Å². The summed E-state index contributed by atoms with van der Waals surface area (Å²) in [5.41, 5.74) is 11.7. The lowest BCUT2D eigenvalue weighted by Gasteiger charge is -2.20. The first-order valence-corrected chi connectivity index (χ1v) is 6.16. The highest BCUT2D eigenvalue weighted by atomic mass is 16.4. The molecule has 7 nitrogen and oxygen atoms in total. The quantitative estimate of drug-likeness (QED) is 0.559. The van der Waals surface area contributed by atoms with Crippen molar-refractivity contribution in [2.24, 2.45) is 11.5 Å². The summed E-state index contributed by atoms with van der Waals surface area (Å²) in [6, 6.07) is 7.05. The van der Waals surface area contributed by atoms with Crippen molar-refractivity contribution in [3.63, 3.8) is 0 Å². The summed E-state index contributed by atoms with van der Waals surface area (Å²) in [5, 5.41) is 8.67. The van der Waals surface area contributed by atoms with Crippen LogP contribution in [0.2, 0.25) is 0 Å². The van der Waals surface area contributed by atoms with E-state index in [0.29, 0.717) is 5.56 Å². The fourth-order valence-electron chi connectivity index (χ4n) is 1.85. The third-order valence-electron chi connectivity index (χ3n) is 2.61. The summed E-state index contributed by atoms with van der Waals surface area (Å²) in [6.07, 6.45) is 2.47. The van der Waals surface area contributed by atoms with E-state index >= 15 is 0 Å². The van der Waals surface area contributed by atoms with E-state index in [0.717, 1.165) is 11.6 Å². The highest BCUT2D eigenvalue weighted by Crippen LogP contribution is 2.13. The Kier molecular flexibility index (Phi) is 6.09. The molecule has 0 aliphatic carbocycles. The summed E-state index contributed by atoms with van der Waals surface area (Å²) in [5.74, 6) is -2.21. The second kappa shape index (κ2) is 7.81. The molecule has 7 heteroatoms. The molecule has 0 aliphatic rings. The van der Waals surface area contributed by atoms with Gasteiger partial charge >= 0.3 is 5.97 Å². The number of hydrogen-bond acceptors (Lipinski definition) is 4. The Morgan fingerprint density at radius 1 is 1.10 bits per heavy atom. The fourth-order valence-corrected chi connectivity index (χ4v) is 1.85. The molecule has 0 atom stereocenters. The molecule has 21 heavy (non-hydrogen) atoms. The molecule has 1 aromatic carbocycles. The largest absolute Gasteiger partial charge is 0.478 e. The van der Waals surface area contributed by atoms with Crippen LogP contribution in [0.1, 0.15) is 11.1 Å². The lowest BCUT2D eigenvalue weighted by molar-refractivity contribution is -0.131. The zero-order valence-electron chi connectivity index (χ0n) is 11.4. The minimum Gasteiger partial charge on any atom is -0.478 e. The van der Waals surface area contributed by atoms with Crippen molar-refractivity contribution in [1.29, 1.82) is 0 Å². The van der Waals surface area contributed by atoms with Crippen LogP contribution < -0.4 is 11.5 Å². The molecule has 112 valence electrons. The Balaban J connectivity index is 2.94. The lowest BCUT2D eigenvalue weighted by Crippen LogP contribution is -2.39. The van der Waals surface area contributed by atoms with Gasteiger partial charge in [-0.25, -0.2) is 4.79 Å². The van der Waals surface area contributed by atoms with Crippen molar-refractivity contribution >= 4 is 23.9 Å². The number of benzene rings is 1. The molecular formula is C14H17N3O4. The first-order valence-electron chi connectivity index (χ1n) is 6.16. The van der Waals surface area contributed by atoms with Crippen molar-refractivity contribution in [2.45, 2.75) is 6.54 Å². The van der Waals surface area contributed by atoms with Gasteiger partial charge in [-0.1, -0.05) is 24.3 Å². The van der Waals surface area contributed by atoms with E-state index in [1.807, 2.05) is 0 Å². The van der Waals surface area contributed by atoms with E-state index in [1.165, 1.54) is 11.0 Å². The number of carbonyl (C=O) groups is 3. The molecule has 1 rings (SSSR count). The predicted octanol–water partition coefficient (Wildman–Crippen LogP) is -0.443. The molecule has 5 N–H and O–H groups in total. The van der Waals surface area contributed by atoms with E-state index in [-0.39, 0.29) is 19.6 Å². The van der Waals surface area contributed by atoms with Crippen LogP contribution in [0.15, 0.2) is 30.3 Å². The van der Waals surface area contributed by atoms with Crippen molar-refractivity contribution in [2.75, 3.05) is 13.1 Å². The molecule has 0 heterocycles. The van der Waals surface area contributed by atoms with Crippen LogP contribution in [-0.2, 0) is 20.9 Å². The third kappa shape index (κ3) is 6.35. The summed E-state index contributed by atoms with van der Waals surface area (Å²) in [4.78, 5) is 34.1. The number of rotatable bonds is 8. The van der Waals surface area contributed by atoms with Crippen molar-refractivity contribution in [3.05, 3.63) is 41.5 Å². The predicted molar refractivity (Wildman–Crippen MR) is 76.8 cm³/mol. The lowest BCUT2D eigenvalue weighted by atomic mass is 10.1. The SMILES string of the molecule is NC(=O)CN(CC(N)=O)Cc1ccccc1C=CC(=O)O. The van der Waals surface area contributed by atoms with E-state index in [9.17, 15) is 14.4 Å². The second-order valence-electron chi connectivity index (χ2n) is 4.45. The molecule has 0 spiro atoms. The van der Waals surface area contributed by atoms with Gasteiger partial charge in [-0.15, -0.1) is 0 Å². The minimum atomic E-state index is -1.06. The van der Waals surface area contributed by atoms with Crippen LogP contribution in [0, 0.1) is 0 Å². The normalized spacial score (nSPS) is 10.9. The van der Waals surface area contributed by atoms with Crippen molar-refractivity contribution in [1.82, 2.24) is 4.90 Å². The van der Waals surface area contributed by atoms with E-state index < -0.39 is 17.8 Å². The maximum Gasteiger partial charge on any atom is 0.328 e. The van der Waals surface area contributed by atoms with E-state index in [1.54, 1.807) is 24.3 Å². The van der Waals surface area contributed by atoms with Gasteiger partial charge in [-0.2, -0.15) is 0 Å². The zero-order chi connectivity index (χ0) is 15.8. The van der Waals surface area contributed by atoms with E-state index in [4.69, 9.17) is 16.6 Å². The van der Waals surface area contributed by atoms with Crippen molar-refractivity contribution in [3.8, 4) is 0 Å². The van der Waals surface area contributed by atoms with Gasteiger partial charge in [0, 0.05) is 12.6 Å². The molecule has 0 radical (unpaired) electrons. The van der Waals surface area contributed by atoms with Gasteiger partial charge in [-0.05, 0) is 17.2 Å². The van der Waals surface area contributed by atoms with Gasteiger partial charge in [-0.3, -0.25) is 14.5 Å². The molecule has 2 amide bonds. The van der Waals surface area contributed by atoms with Gasteiger partial charge < -0.3 is 16.6 Å². The van der Waals surface area contributed by atoms with Gasteiger partial charge in [0.25, 0.3) is 0 Å². The highest BCUT2D eigenvalue weighted by Gasteiger charge is 2.13. The van der Waals surface area contributed by atoms with Gasteiger partial charge in [0.2, 0.25) is 11.8 Å². The summed E-state index contributed by atoms with van der Waals surface area (Å²) in [6.45, 7) is 0.0336. The number of carboxylic acids is 1. The molecule has 0 saturated carbocycles. The Morgan fingerprint density at radius 3 is 2.19 bits per heavy atom. The number of carboxylic acid groups (broad SMARTS) is 1. The summed E-state index contributed by atoms with van der Waals surface area (Å²) < 4.78 is 0. The first-order chi connectivity index (χ1) is 9.88. The van der Waals surface area contributed by atoms with Crippen LogP contribution in [0.5, 0.6) is 0 Å². The molecule has 0 bridgehead atoms. The van der Waals surface area contributed by atoms with Crippen molar-refractivity contribution < 1.29 is 19.5 Å². The Bertz CT molecular complexity index is 553. The average molecular weight is 291 g/mol. The molecule has 1 aromatic rings. The van der Waals surface area contributed by atoms with Gasteiger partial charge in [0.15, 0.2) is 0 Å². The first kappa shape index (κ1) is 16.4. The molecule has 0 aromatic heterocycles. The van der Waals surface area contributed by atoms with Crippen LogP contribution >= 0.6 is 0 Å².